The number of primary amides is 1. The van der Waals surface area contributed by atoms with Gasteiger partial charge in [0.25, 0.3) is 5.91 Å². The van der Waals surface area contributed by atoms with Crippen LogP contribution in [0.3, 0.4) is 0 Å². The van der Waals surface area contributed by atoms with E-state index in [9.17, 15) is 4.79 Å². The van der Waals surface area contributed by atoms with E-state index in [4.69, 9.17) is 20.4 Å². The Labute approximate surface area is 179 Å². The molecule has 1 fully saturated rings. The number of pyridine rings is 1. The van der Waals surface area contributed by atoms with Gasteiger partial charge in [0.2, 0.25) is 0 Å². The van der Waals surface area contributed by atoms with Gasteiger partial charge in [-0.15, -0.1) is 11.3 Å². The van der Waals surface area contributed by atoms with Crippen molar-refractivity contribution in [3.05, 3.63) is 40.3 Å². The van der Waals surface area contributed by atoms with Crippen LogP contribution in [0.4, 0.5) is 5.82 Å². The van der Waals surface area contributed by atoms with Crippen LogP contribution < -0.4 is 15.4 Å². The number of hydrogen-bond acceptors (Lipinski definition) is 7. The van der Waals surface area contributed by atoms with Crippen LogP contribution in [0, 0.1) is 6.92 Å². The Morgan fingerprint density at radius 1 is 1.23 bits per heavy atom. The highest BCUT2D eigenvalue weighted by Crippen LogP contribution is 2.40. The first kappa shape index (κ1) is 19.2. The molecule has 1 aliphatic carbocycles. The summed E-state index contributed by atoms with van der Waals surface area (Å²) in [7, 11) is 0. The molecule has 0 bridgehead atoms. The first-order valence-corrected chi connectivity index (χ1v) is 11.4. The van der Waals surface area contributed by atoms with E-state index < -0.39 is 5.91 Å². The molecule has 2 N–H and O–H groups in total. The van der Waals surface area contributed by atoms with Gasteiger partial charge in [-0.2, -0.15) is 0 Å². The van der Waals surface area contributed by atoms with E-state index in [1.54, 1.807) is 18.3 Å². The fraction of sp³-hybridized carbons (Fsp3) is 0.455. The maximum Gasteiger partial charge on any atom is 0.267 e. The molecule has 1 amide bonds. The third kappa shape index (κ3) is 3.60. The molecule has 0 atom stereocenters. The topological polar surface area (TPSA) is 94.2 Å². The van der Waals surface area contributed by atoms with Crippen LogP contribution in [0.5, 0.6) is 5.75 Å². The van der Waals surface area contributed by atoms with Crippen molar-refractivity contribution in [1.82, 2.24) is 15.0 Å². The minimum absolute atomic E-state index is 0.0965. The van der Waals surface area contributed by atoms with Crippen LogP contribution in [0.25, 0.3) is 10.2 Å². The number of anilines is 1. The van der Waals surface area contributed by atoms with Crippen LogP contribution in [-0.2, 0) is 12.8 Å². The zero-order chi connectivity index (χ0) is 20.7. The van der Waals surface area contributed by atoms with Crippen molar-refractivity contribution >= 4 is 33.3 Å². The second-order valence-corrected chi connectivity index (χ2v) is 9.11. The molecule has 2 aliphatic rings. The zero-order valence-electron chi connectivity index (χ0n) is 17.1. The van der Waals surface area contributed by atoms with Crippen LogP contribution in [-0.4, -0.2) is 40.1 Å². The molecule has 0 unspecified atom stereocenters. The van der Waals surface area contributed by atoms with E-state index in [-0.39, 0.29) is 11.8 Å². The highest BCUT2D eigenvalue weighted by molar-refractivity contribution is 7.19. The van der Waals surface area contributed by atoms with Crippen molar-refractivity contribution in [1.29, 1.82) is 0 Å². The summed E-state index contributed by atoms with van der Waals surface area (Å²) in [6.45, 7) is 3.75. The minimum atomic E-state index is -0.544. The van der Waals surface area contributed by atoms with Crippen LogP contribution >= 0.6 is 11.3 Å². The molecule has 3 aromatic rings. The predicted molar refractivity (Wildman–Crippen MR) is 117 cm³/mol. The zero-order valence-corrected chi connectivity index (χ0v) is 17.9. The van der Waals surface area contributed by atoms with Gasteiger partial charge in [0.1, 0.15) is 34.0 Å². The van der Waals surface area contributed by atoms with Crippen molar-refractivity contribution in [2.24, 2.45) is 5.73 Å². The van der Waals surface area contributed by atoms with Crippen molar-refractivity contribution < 1.29 is 9.53 Å². The van der Waals surface area contributed by atoms with E-state index in [0.29, 0.717) is 5.75 Å². The lowest BCUT2D eigenvalue weighted by atomic mass is 9.96. The lowest BCUT2D eigenvalue weighted by Gasteiger charge is -2.33. The number of thiophene rings is 1. The Balaban J connectivity index is 1.34. The summed E-state index contributed by atoms with van der Waals surface area (Å²) < 4.78 is 6.11. The molecule has 7 nitrogen and oxygen atoms in total. The Morgan fingerprint density at radius 3 is 2.83 bits per heavy atom. The highest BCUT2D eigenvalue weighted by atomic mass is 32.1. The lowest BCUT2D eigenvalue weighted by molar-refractivity contribution is 0.0994. The third-order valence-electron chi connectivity index (χ3n) is 5.94. The number of fused-ring (bicyclic) bond motifs is 3. The summed E-state index contributed by atoms with van der Waals surface area (Å²) in [4.78, 5) is 30.0. The third-order valence-corrected chi connectivity index (χ3v) is 7.12. The summed E-state index contributed by atoms with van der Waals surface area (Å²) in [5, 5.41) is 1.28. The van der Waals surface area contributed by atoms with Gasteiger partial charge in [0.15, 0.2) is 0 Å². The summed E-state index contributed by atoms with van der Waals surface area (Å²) in [6.07, 6.45) is 8.28. The summed E-state index contributed by atoms with van der Waals surface area (Å²) >= 11 is 1.85. The molecule has 1 aliphatic heterocycles. The fourth-order valence-corrected chi connectivity index (χ4v) is 5.77. The number of aryl methyl sites for hydroxylation is 3. The number of aromatic nitrogens is 3. The van der Waals surface area contributed by atoms with E-state index in [1.165, 1.54) is 35.1 Å². The number of nitrogens with two attached hydrogens (primary N) is 1. The summed E-state index contributed by atoms with van der Waals surface area (Å²) in [5.74, 6) is 2.03. The molecule has 0 radical (unpaired) electrons. The van der Waals surface area contributed by atoms with E-state index in [1.807, 2.05) is 18.3 Å². The highest BCUT2D eigenvalue weighted by Gasteiger charge is 2.27. The number of carbonyl (C=O) groups excluding carboxylic acids is 1. The summed E-state index contributed by atoms with van der Waals surface area (Å²) in [6, 6.07) is 3.39. The molecule has 8 heteroatoms. The number of carbonyl (C=O) groups is 1. The van der Waals surface area contributed by atoms with Gasteiger partial charge in [-0.3, -0.25) is 9.78 Å². The van der Waals surface area contributed by atoms with Gasteiger partial charge in [0.05, 0.1) is 5.39 Å². The van der Waals surface area contributed by atoms with Gasteiger partial charge < -0.3 is 15.4 Å². The normalized spacial score (nSPS) is 17.2. The van der Waals surface area contributed by atoms with Crippen molar-refractivity contribution in [2.75, 3.05) is 18.0 Å². The van der Waals surface area contributed by atoms with Gasteiger partial charge in [0, 0.05) is 43.1 Å². The van der Waals surface area contributed by atoms with Gasteiger partial charge in [-0.05, 0) is 44.2 Å². The molecule has 0 saturated carbocycles. The Kier molecular flexibility index (Phi) is 5.02. The summed E-state index contributed by atoms with van der Waals surface area (Å²) in [5.41, 5.74) is 7.03. The quantitative estimate of drug-likeness (QED) is 0.691. The molecule has 5 rings (SSSR count). The average molecular weight is 424 g/mol. The Bertz CT molecular complexity index is 1100. The number of rotatable bonds is 4. The molecule has 4 heterocycles. The molecule has 1 saturated heterocycles. The smallest absolute Gasteiger partial charge is 0.267 e. The predicted octanol–water partition coefficient (Wildman–Crippen LogP) is 3.42. The van der Waals surface area contributed by atoms with Crippen LogP contribution in [0.2, 0.25) is 0 Å². The maximum atomic E-state index is 11.3. The fourth-order valence-electron chi connectivity index (χ4n) is 4.47. The first-order chi connectivity index (χ1) is 14.6. The van der Waals surface area contributed by atoms with E-state index in [2.05, 4.69) is 9.88 Å². The molecular formula is C22H25N5O2S. The number of ether oxygens (including phenoxy) is 1. The number of piperidine rings is 1. The molecule has 0 aromatic carbocycles. The number of nitrogens with zero attached hydrogens (tertiary/aromatic N) is 4. The molecule has 3 aromatic heterocycles. The van der Waals surface area contributed by atoms with E-state index in [0.717, 1.165) is 48.8 Å². The maximum absolute atomic E-state index is 11.3. The lowest BCUT2D eigenvalue weighted by Crippen LogP contribution is -2.39. The van der Waals surface area contributed by atoms with Crippen molar-refractivity contribution in [3.63, 3.8) is 0 Å². The van der Waals surface area contributed by atoms with E-state index >= 15 is 0 Å². The SMILES string of the molecule is Cc1nc(N2CCC(Oc3ccnc(C(N)=O)c3)CC2)c2c3c(sc2n1)CCCC3. The molecule has 30 heavy (non-hydrogen) atoms. The minimum Gasteiger partial charge on any atom is -0.490 e. The Morgan fingerprint density at radius 2 is 2.03 bits per heavy atom. The largest absolute Gasteiger partial charge is 0.490 e. The molecule has 0 spiro atoms. The van der Waals surface area contributed by atoms with Gasteiger partial charge in [-0.25, -0.2) is 9.97 Å². The standard InChI is InChI=1S/C22H25N5O2S/c1-13-25-21(19-16-4-2-3-5-18(16)30-22(19)26-13)27-10-7-14(8-11-27)29-15-6-9-24-17(12-15)20(23)28/h6,9,12,14H,2-5,7-8,10-11H2,1H3,(H2,23,28). The van der Waals surface area contributed by atoms with Gasteiger partial charge in [-0.1, -0.05) is 0 Å². The number of hydrogen-bond donors (Lipinski definition) is 1. The van der Waals surface area contributed by atoms with Crippen LogP contribution in [0.1, 0.15) is 52.4 Å². The molecular weight excluding hydrogens is 398 g/mol. The van der Waals surface area contributed by atoms with Gasteiger partial charge >= 0.3 is 0 Å². The number of amides is 1. The average Bonchev–Trinajstić information content (AvgIpc) is 3.12. The van der Waals surface area contributed by atoms with Crippen molar-refractivity contribution in [3.8, 4) is 5.75 Å². The van der Waals surface area contributed by atoms with Crippen molar-refractivity contribution in [2.45, 2.75) is 51.6 Å². The second-order valence-electron chi connectivity index (χ2n) is 8.03. The Hall–Kier alpha value is -2.74. The van der Waals surface area contributed by atoms with Crippen LogP contribution in [0.15, 0.2) is 18.3 Å². The second kappa shape index (κ2) is 7.83. The molecule has 156 valence electrons. The first-order valence-electron chi connectivity index (χ1n) is 10.5. The monoisotopic (exact) mass is 423 g/mol.